The molecule has 0 bridgehead atoms. The molecule has 1 aliphatic rings. The summed E-state index contributed by atoms with van der Waals surface area (Å²) in [5.41, 5.74) is 0.680. The van der Waals surface area contributed by atoms with E-state index in [0.29, 0.717) is 5.56 Å². The van der Waals surface area contributed by atoms with E-state index in [4.69, 9.17) is 0 Å². The van der Waals surface area contributed by atoms with Gasteiger partial charge in [0.2, 0.25) is 5.12 Å². The van der Waals surface area contributed by atoms with Gasteiger partial charge in [-0.15, -0.1) is 0 Å². The van der Waals surface area contributed by atoms with Gasteiger partial charge in [0.1, 0.15) is 0 Å². The molecular formula is C10H8O2S. The van der Waals surface area contributed by atoms with Crippen molar-refractivity contribution in [3.05, 3.63) is 29.8 Å². The highest BCUT2D eigenvalue weighted by Gasteiger charge is 2.30. The van der Waals surface area contributed by atoms with Crippen LogP contribution in [0.3, 0.4) is 0 Å². The van der Waals surface area contributed by atoms with Crippen LogP contribution in [-0.2, 0) is 4.79 Å². The lowest BCUT2D eigenvalue weighted by Crippen LogP contribution is -2.23. The monoisotopic (exact) mass is 192 g/mol. The summed E-state index contributed by atoms with van der Waals surface area (Å²) in [6.07, 6.45) is 0. The van der Waals surface area contributed by atoms with Crippen molar-refractivity contribution in [3.63, 3.8) is 0 Å². The number of hydrogen-bond donors (Lipinski definition) is 0. The molecule has 1 aromatic carbocycles. The fourth-order valence-corrected chi connectivity index (χ4v) is 2.22. The Kier molecular flexibility index (Phi) is 1.96. The highest BCUT2D eigenvalue weighted by Crippen LogP contribution is 2.33. The topological polar surface area (TPSA) is 34.1 Å². The average molecular weight is 192 g/mol. The predicted molar refractivity (Wildman–Crippen MR) is 50.8 cm³/mol. The highest BCUT2D eigenvalue weighted by atomic mass is 32.2. The third-order valence-corrected chi connectivity index (χ3v) is 3.24. The zero-order valence-electron chi connectivity index (χ0n) is 7.11. The normalized spacial score (nSPS) is 21.5. The van der Waals surface area contributed by atoms with Gasteiger partial charge < -0.3 is 0 Å². The molecule has 3 heteroatoms. The van der Waals surface area contributed by atoms with Crippen molar-refractivity contribution < 1.29 is 9.59 Å². The number of carbonyl (C=O) groups is 2. The Labute approximate surface area is 80.3 Å². The van der Waals surface area contributed by atoms with Crippen LogP contribution in [0.15, 0.2) is 29.2 Å². The molecule has 0 spiro atoms. The first kappa shape index (κ1) is 8.51. The first-order valence-electron chi connectivity index (χ1n) is 4.05. The van der Waals surface area contributed by atoms with Gasteiger partial charge >= 0.3 is 0 Å². The Hall–Kier alpha value is -1.09. The molecule has 13 heavy (non-hydrogen) atoms. The molecule has 0 amide bonds. The fourth-order valence-electron chi connectivity index (χ4n) is 1.30. The number of benzene rings is 1. The summed E-state index contributed by atoms with van der Waals surface area (Å²) in [6.45, 7) is 1.66. The number of thioether (sulfide) groups is 1. The smallest absolute Gasteiger partial charge is 0.204 e. The number of rotatable bonds is 0. The molecule has 1 heterocycles. The van der Waals surface area contributed by atoms with Crippen molar-refractivity contribution in [2.75, 3.05) is 0 Å². The minimum absolute atomic E-state index is 0.0521. The van der Waals surface area contributed by atoms with Gasteiger partial charge in [0.05, 0.1) is 5.92 Å². The number of fused-ring (bicyclic) bond motifs is 1. The van der Waals surface area contributed by atoms with Crippen LogP contribution in [0.25, 0.3) is 0 Å². The van der Waals surface area contributed by atoms with Gasteiger partial charge in [-0.1, -0.05) is 30.0 Å². The van der Waals surface area contributed by atoms with Gasteiger partial charge in [-0.3, -0.25) is 9.59 Å². The molecule has 0 saturated carbocycles. The number of Topliss-reactive ketones (excluding diaryl/α,β-unsaturated/α-hetero) is 1. The molecule has 0 radical (unpaired) electrons. The molecule has 2 nitrogen and oxygen atoms in total. The van der Waals surface area contributed by atoms with E-state index in [0.717, 1.165) is 16.7 Å². The van der Waals surface area contributed by atoms with E-state index >= 15 is 0 Å². The van der Waals surface area contributed by atoms with Crippen LogP contribution in [0.4, 0.5) is 0 Å². The van der Waals surface area contributed by atoms with Crippen LogP contribution in [0.5, 0.6) is 0 Å². The Morgan fingerprint density at radius 3 is 2.69 bits per heavy atom. The second-order valence-corrected chi connectivity index (χ2v) is 4.05. The SMILES string of the molecule is C[C@@H]1C(=O)Sc2ccccc2C1=O. The minimum atomic E-state index is -0.486. The van der Waals surface area contributed by atoms with Gasteiger partial charge in [0, 0.05) is 10.5 Å². The second kappa shape index (κ2) is 3.00. The van der Waals surface area contributed by atoms with Crippen molar-refractivity contribution in [2.45, 2.75) is 11.8 Å². The lowest BCUT2D eigenvalue weighted by molar-refractivity contribution is -0.112. The molecule has 1 atom stereocenters. The number of hydrogen-bond acceptors (Lipinski definition) is 3. The quantitative estimate of drug-likeness (QED) is 0.590. The van der Waals surface area contributed by atoms with Crippen molar-refractivity contribution in [1.82, 2.24) is 0 Å². The molecule has 0 saturated heterocycles. The zero-order valence-corrected chi connectivity index (χ0v) is 7.93. The number of carbonyl (C=O) groups excluding carboxylic acids is 2. The van der Waals surface area contributed by atoms with E-state index in [1.165, 1.54) is 0 Å². The first-order chi connectivity index (χ1) is 6.20. The van der Waals surface area contributed by atoms with Crippen LogP contribution in [0.1, 0.15) is 17.3 Å². The molecule has 0 N–H and O–H groups in total. The maximum Gasteiger partial charge on any atom is 0.204 e. The van der Waals surface area contributed by atoms with E-state index in [9.17, 15) is 9.59 Å². The average Bonchev–Trinajstić information content (AvgIpc) is 2.15. The second-order valence-electron chi connectivity index (χ2n) is 3.00. The lowest BCUT2D eigenvalue weighted by atomic mass is 10.00. The van der Waals surface area contributed by atoms with Crippen LogP contribution >= 0.6 is 11.8 Å². The van der Waals surface area contributed by atoms with E-state index in [1.54, 1.807) is 13.0 Å². The van der Waals surface area contributed by atoms with E-state index < -0.39 is 5.92 Å². The molecule has 2 rings (SSSR count). The molecule has 1 aliphatic heterocycles. The summed E-state index contributed by atoms with van der Waals surface area (Å²) in [5.74, 6) is -0.542. The molecule has 0 fully saturated rings. The lowest BCUT2D eigenvalue weighted by Gasteiger charge is -2.17. The predicted octanol–water partition coefficient (Wildman–Crippen LogP) is 2.14. The molecule has 0 aromatic heterocycles. The van der Waals surface area contributed by atoms with Gasteiger partial charge in [0.25, 0.3) is 0 Å². The molecule has 0 aliphatic carbocycles. The standard InChI is InChI=1S/C10H8O2S/c1-6-9(11)7-4-2-3-5-8(7)13-10(6)12/h2-6H,1H3/t6-/m0/s1. The third kappa shape index (κ3) is 1.29. The summed E-state index contributed by atoms with van der Waals surface area (Å²) in [7, 11) is 0. The van der Waals surface area contributed by atoms with Crippen molar-refractivity contribution in [3.8, 4) is 0 Å². The van der Waals surface area contributed by atoms with E-state index in [1.807, 2.05) is 18.2 Å². The van der Waals surface area contributed by atoms with Crippen molar-refractivity contribution in [1.29, 1.82) is 0 Å². The van der Waals surface area contributed by atoms with E-state index in [-0.39, 0.29) is 10.9 Å². The minimum Gasteiger partial charge on any atom is -0.293 e. The summed E-state index contributed by atoms with van der Waals surface area (Å²) in [4.78, 5) is 23.7. The highest BCUT2D eigenvalue weighted by molar-refractivity contribution is 8.14. The van der Waals surface area contributed by atoms with Crippen LogP contribution in [0, 0.1) is 5.92 Å². The van der Waals surface area contributed by atoms with Crippen LogP contribution in [0.2, 0.25) is 0 Å². The maximum absolute atomic E-state index is 11.6. The van der Waals surface area contributed by atoms with Gasteiger partial charge in [-0.05, 0) is 13.0 Å². The van der Waals surface area contributed by atoms with Gasteiger partial charge in [-0.2, -0.15) is 0 Å². The summed E-state index contributed by atoms with van der Waals surface area (Å²) in [6, 6.07) is 7.23. The Morgan fingerprint density at radius 2 is 1.92 bits per heavy atom. The molecule has 1 aromatic rings. The van der Waals surface area contributed by atoms with Gasteiger partial charge in [0.15, 0.2) is 5.78 Å². The third-order valence-electron chi connectivity index (χ3n) is 2.11. The van der Waals surface area contributed by atoms with Gasteiger partial charge in [-0.25, -0.2) is 0 Å². The summed E-state index contributed by atoms with van der Waals surface area (Å²) < 4.78 is 0. The van der Waals surface area contributed by atoms with Crippen molar-refractivity contribution in [2.24, 2.45) is 5.92 Å². The Bertz CT molecular complexity index is 384. The Morgan fingerprint density at radius 1 is 1.23 bits per heavy atom. The summed E-state index contributed by atoms with van der Waals surface area (Å²) in [5, 5.41) is -0.0521. The largest absolute Gasteiger partial charge is 0.293 e. The first-order valence-corrected chi connectivity index (χ1v) is 4.87. The molecule has 0 unspecified atom stereocenters. The van der Waals surface area contributed by atoms with E-state index in [2.05, 4.69) is 0 Å². The Balaban J connectivity index is 2.55. The fraction of sp³-hybridized carbons (Fsp3) is 0.200. The van der Waals surface area contributed by atoms with Crippen LogP contribution in [-0.4, -0.2) is 10.9 Å². The zero-order chi connectivity index (χ0) is 9.42. The van der Waals surface area contributed by atoms with Crippen LogP contribution < -0.4 is 0 Å². The van der Waals surface area contributed by atoms with Crippen molar-refractivity contribution >= 4 is 22.7 Å². The number of ketones is 1. The maximum atomic E-state index is 11.6. The molecular weight excluding hydrogens is 184 g/mol. The molecule has 66 valence electrons. The summed E-state index contributed by atoms with van der Waals surface area (Å²) >= 11 is 1.16.